The van der Waals surface area contributed by atoms with Crippen molar-refractivity contribution in [3.8, 4) is 6.07 Å². The quantitative estimate of drug-likeness (QED) is 0.819. The maximum Gasteiger partial charge on any atom is 0.401 e. The van der Waals surface area contributed by atoms with E-state index in [9.17, 15) is 17.6 Å². The molecule has 0 amide bonds. The van der Waals surface area contributed by atoms with Crippen LogP contribution in [-0.2, 0) is 6.54 Å². The number of alkyl halides is 3. The minimum atomic E-state index is -4.37. The summed E-state index contributed by atoms with van der Waals surface area (Å²) < 4.78 is 50.3. The zero-order chi connectivity index (χ0) is 15.2. The Morgan fingerprint density at radius 2 is 2.00 bits per heavy atom. The van der Waals surface area contributed by atoms with E-state index in [-0.39, 0.29) is 31.7 Å². The van der Waals surface area contributed by atoms with Gasteiger partial charge in [-0.15, -0.1) is 0 Å². The van der Waals surface area contributed by atoms with Crippen molar-refractivity contribution in [1.29, 1.82) is 5.26 Å². The van der Waals surface area contributed by atoms with Crippen molar-refractivity contribution in [2.45, 2.75) is 19.1 Å². The minimum absolute atomic E-state index is 0.0150. The van der Waals surface area contributed by atoms with E-state index in [2.05, 4.69) is 0 Å². The first kappa shape index (κ1) is 16.4. The van der Waals surface area contributed by atoms with Gasteiger partial charge in [0.15, 0.2) is 0 Å². The van der Waals surface area contributed by atoms with Gasteiger partial charge in [-0.2, -0.15) is 18.4 Å². The van der Waals surface area contributed by atoms with Crippen LogP contribution >= 0.6 is 0 Å². The lowest BCUT2D eigenvalue weighted by atomic mass is 10.1. The normalized spacial score (nSPS) is 11.7. The van der Waals surface area contributed by atoms with Crippen molar-refractivity contribution in [3.05, 3.63) is 35.1 Å². The van der Waals surface area contributed by atoms with Crippen molar-refractivity contribution < 1.29 is 22.7 Å². The molecule has 3 nitrogen and oxygen atoms in total. The van der Waals surface area contributed by atoms with Gasteiger partial charge < -0.3 is 5.11 Å². The number of rotatable bonds is 6. The number of halogens is 4. The lowest BCUT2D eigenvalue weighted by Crippen LogP contribution is -2.35. The van der Waals surface area contributed by atoms with Gasteiger partial charge in [0.1, 0.15) is 5.82 Å². The lowest BCUT2D eigenvalue weighted by molar-refractivity contribution is -0.147. The van der Waals surface area contributed by atoms with Crippen LogP contribution in [0.1, 0.15) is 17.5 Å². The average molecular weight is 290 g/mol. The van der Waals surface area contributed by atoms with Crippen molar-refractivity contribution in [2.75, 3.05) is 19.7 Å². The van der Waals surface area contributed by atoms with E-state index >= 15 is 0 Å². The fourth-order valence-electron chi connectivity index (χ4n) is 1.79. The Hall–Kier alpha value is -1.65. The molecule has 0 saturated heterocycles. The van der Waals surface area contributed by atoms with Crippen molar-refractivity contribution in [1.82, 2.24) is 4.90 Å². The highest BCUT2D eigenvalue weighted by atomic mass is 19.4. The molecule has 0 aliphatic heterocycles. The van der Waals surface area contributed by atoms with Crippen molar-refractivity contribution in [3.63, 3.8) is 0 Å². The largest absolute Gasteiger partial charge is 0.401 e. The minimum Gasteiger partial charge on any atom is -0.396 e. The molecular formula is C13H14F4N2O. The second-order valence-electron chi connectivity index (χ2n) is 4.32. The van der Waals surface area contributed by atoms with Crippen molar-refractivity contribution in [2.24, 2.45) is 0 Å². The molecule has 1 aromatic carbocycles. The summed E-state index contributed by atoms with van der Waals surface area (Å²) in [7, 11) is 0. The first-order chi connectivity index (χ1) is 9.35. The average Bonchev–Trinajstić information content (AvgIpc) is 2.36. The molecule has 0 bridgehead atoms. The molecule has 110 valence electrons. The van der Waals surface area contributed by atoms with E-state index in [1.807, 2.05) is 0 Å². The summed E-state index contributed by atoms with van der Waals surface area (Å²) in [4.78, 5) is 1.07. The molecule has 0 aromatic heterocycles. The Balaban J connectivity index is 2.86. The third-order valence-electron chi connectivity index (χ3n) is 2.62. The van der Waals surface area contributed by atoms with Crippen LogP contribution < -0.4 is 0 Å². The molecule has 20 heavy (non-hydrogen) atoms. The molecule has 1 aromatic rings. The Morgan fingerprint density at radius 3 is 2.55 bits per heavy atom. The highest BCUT2D eigenvalue weighted by Gasteiger charge is 2.30. The summed E-state index contributed by atoms with van der Waals surface area (Å²) in [5, 5.41) is 17.6. The van der Waals surface area contributed by atoms with Crippen LogP contribution in [0.15, 0.2) is 18.2 Å². The monoisotopic (exact) mass is 290 g/mol. The molecule has 0 saturated carbocycles. The van der Waals surface area contributed by atoms with Gasteiger partial charge in [-0.3, -0.25) is 4.90 Å². The summed E-state index contributed by atoms with van der Waals surface area (Å²) in [6, 6.07) is 5.16. The van der Waals surface area contributed by atoms with Crippen LogP contribution in [0.25, 0.3) is 0 Å². The standard InChI is InChI=1S/C13H14F4N2O/c14-12-3-2-10(11(6-12)7-18)8-19(4-1-5-20)9-13(15,16)17/h2-3,6,20H,1,4-5,8-9H2. The van der Waals surface area contributed by atoms with E-state index in [0.29, 0.717) is 5.56 Å². The fourth-order valence-corrected chi connectivity index (χ4v) is 1.79. The topological polar surface area (TPSA) is 47.3 Å². The van der Waals surface area contributed by atoms with Gasteiger partial charge in [0, 0.05) is 19.7 Å². The molecule has 0 aliphatic rings. The zero-order valence-corrected chi connectivity index (χ0v) is 10.6. The van der Waals surface area contributed by atoms with Crippen LogP contribution in [0.3, 0.4) is 0 Å². The Morgan fingerprint density at radius 1 is 1.30 bits per heavy atom. The van der Waals surface area contributed by atoms with E-state index in [1.54, 1.807) is 6.07 Å². The molecule has 0 fully saturated rings. The summed E-state index contributed by atoms with van der Waals surface area (Å²) >= 11 is 0. The summed E-state index contributed by atoms with van der Waals surface area (Å²) in [5.41, 5.74) is 0.345. The Kier molecular flexibility index (Phi) is 5.92. The van der Waals surface area contributed by atoms with Crippen LogP contribution in [0.4, 0.5) is 17.6 Å². The first-order valence-corrected chi connectivity index (χ1v) is 5.94. The van der Waals surface area contributed by atoms with Crippen LogP contribution in [0.5, 0.6) is 0 Å². The molecule has 0 radical (unpaired) electrons. The summed E-state index contributed by atoms with van der Waals surface area (Å²) in [6.07, 6.45) is -4.18. The van der Waals surface area contributed by atoms with Gasteiger partial charge >= 0.3 is 6.18 Å². The second kappa shape index (κ2) is 7.22. The molecule has 7 heteroatoms. The maximum atomic E-state index is 13.0. The van der Waals surface area contributed by atoms with E-state index in [4.69, 9.17) is 10.4 Å². The van der Waals surface area contributed by atoms with Crippen LogP contribution in [-0.4, -0.2) is 35.9 Å². The van der Waals surface area contributed by atoms with Gasteiger partial charge in [0.05, 0.1) is 18.2 Å². The number of benzene rings is 1. The smallest absolute Gasteiger partial charge is 0.396 e. The van der Waals surface area contributed by atoms with Gasteiger partial charge in [-0.05, 0) is 24.1 Å². The molecule has 0 spiro atoms. The highest BCUT2D eigenvalue weighted by Crippen LogP contribution is 2.20. The fraction of sp³-hybridized carbons (Fsp3) is 0.462. The van der Waals surface area contributed by atoms with Crippen LogP contribution in [0.2, 0.25) is 0 Å². The molecule has 0 aliphatic carbocycles. The second-order valence-corrected chi connectivity index (χ2v) is 4.32. The number of nitrogens with zero attached hydrogens (tertiary/aromatic N) is 2. The third-order valence-corrected chi connectivity index (χ3v) is 2.62. The van der Waals surface area contributed by atoms with E-state index < -0.39 is 18.5 Å². The maximum absolute atomic E-state index is 13.0. The van der Waals surface area contributed by atoms with Gasteiger partial charge in [0.2, 0.25) is 0 Å². The number of hydrogen-bond donors (Lipinski definition) is 1. The summed E-state index contributed by atoms with van der Waals surface area (Å²) in [6.45, 7) is -1.45. The lowest BCUT2D eigenvalue weighted by Gasteiger charge is -2.23. The molecular weight excluding hydrogens is 276 g/mol. The number of hydrogen-bond acceptors (Lipinski definition) is 3. The number of aliphatic hydroxyl groups excluding tert-OH is 1. The zero-order valence-electron chi connectivity index (χ0n) is 10.6. The van der Waals surface area contributed by atoms with Gasteiger partial charge in [-0.25, -0.2) is 4.39 Å². The predicted molar refractivity (Wildman–Crippen MR) is 64.1 cm³/mol. The van der Waals surface area contributed by atoms with Gasteiger partial charge in [-0.1, -0.05) is 6.07 Å². The first-order valence-electron chi connectivity index (χ1n) is 5.94. The molecule has 0 heterocycles. The molecule has 1 rings (SSSR count). The Bertz CT molecular complexity index is 482. The summed E-state index contributed by atoms with van der Waals surface area (Å²) in [5.74, 6) is -0.608. The molecule has 1 N–H and O–H groups in total. The van der Waals surface area contributed by atoms with Crippen LogP contribution in [0, 0.1) is 17.1 Å². The third kappa shape index (κ3) is 5.55. The van der Waals surface area contributed by atoms with Gasteiger partial charge in [0.25, 0.3) is 0 Å². The number of aliphatic hydroxyl groups is 1. The predicted octanol–water partition coefficient (Wildman–Crippen LogP) is 2.44. The van der Waals surface area contributed by atoms with Crippen molar-refractivity contribution >= 4 is 0 Å². The van der Waals surface area contributed by atoms with E-state index in [0.717, 1.165) is 17.0 Å². The number of nitriles is 1. The Labute approximate surface area is 114 Å². The van der Waals surface area contributed by atoms with E-state index in [1.165, 1.54) is 6.07 Å². The SMILES string of the molecule is N#Cc1cc(F)ccc1CN(CCCO)CC(F)(F)F. The highest BCUT2D eigenvalue weighted by molar-refractivity contribution is 5.37. The molecule has 0 atom stereocenters. The molecule has 0 unspecified atom stereocenters.